The standard InChI is InChI=1S/C19H28N2O2/c22-14-16-9-6-12-21(16)11-5-4-10-20-19(23)18-13-17(18)15-7-2-1-3-8-15/h1-3,7-8,16-18,22H,4-6,9-14H2,(H,20,23). The molecule has 0 bridgehead atoms. The van der Waals surface area contributed by atoms with E-state index in [0.29, 0.717) is 12.0 Å². The van der Waals surface area contributed by atoms with Crippen molar-refractivity contribution in [1.82, 2.24) is 10.2 Å². The van der Waals surface area contributed by atoms with E-state index in [-0.39, 0.29) is 18.4 Å². The van der Waals surface area contributed by atoms with E-state index in [0.717, 1.165) is 45.3 Å². The third-order valence-electron chi connectivity index (χ3n) is 5.24. The maximum atomic E-state index is 12.2. The van der Waals surface area contributed by atoms with Gasteiger partial charge in [0.25, 0.3) is 0 Å². The summed E-state index contributed by atoms with van der Waals surface area (Å²) in [4.78, 5) is 14.5. The van der Waals surface area contributed by atoms with E-state index in [1.54, 1.807) is 0 Å². The van der Waals surface area contributed by atoms with Crippen molar-refractivity contribution in [1.29, 1.82) is 0 Å². The Morgan fingerprint density at radius 3 is 2.87 bits per heavy atom. The minimum atomic E-state index is 0.176. The minimum absolute atomic E-state index is 0.176. The molecule has 2 fully saturated rings. The van der Waals surface area contributed by atoms with Crippen LogP contribution in [0.4, 0.5) is 0 Å². The van der Waals surface area contributed by atoms with Gasteiger partial charge >= 0.3 is 0 Å². The lowest BCUT2D eigenvalue weighted by Crippen LogP contribution is -2.33. The number of rotatable bonds is 8. The Labute approximate surface area is 138 Å². The second-order valence-corrected chi connectivity index (χ2v) is 6.87. The fraction of sp³-hybridized carbons (Fsp3) is 0.632. The van der Waals surface area contributed by atoms with Gasteiger partial charge in [-0.3, -0.25) is 9.69 Å². The Hall–Kier alpha value is -1.39. The van der Waals surface area contributed by atoms with Crippen LogP contribution in [0, 0.1) is 5.92 Å². The van der Waals surface area contributed by atoms with Crippen LogP contribution in [0.25, 0.3) is 0 Å². The average Bonchev–Trinajstić information content (AvgIpc) is 3.27. The highest BCUT2D eigenvalue weighted by atomic mass is 16.3. The van der Waals surface area contributed by atoms with Crippen molar-refractivity contribution in [2.24, 2.45) is 5.92 Å². The maximum Gasteiger partial charge on any atom is 0.223 e. The Morgan fingerprint density at radius 1 is 1.26 bits per heavy atom. The summed E-state index contributed by atoms with van der Waals surface area (Å²) in [5.74, 6) is 0.814. The average molecular weight is 316 g/mol. The molecule has 1 aromatic carbocycles. The SMILES string of the molecule is O=C(NCCCCN1CCCC1CO)C1CC1c1ccccc1. The number of benzene rings is 1. The molecule has 2 aliphatic rings. The molecule has 1 heterocycles. The molecule has 126 valence electrons. The maximum absolute atomic E-state index is 12.2. The molecule has 1 aromatic rings. The highest BCUT2D eigenvalue weighted by Gasteiger charge is 2.43. The first-order valence-electron chi connectivity index (χ1n) is 8.97. The molecule has 3 unspecified atom stereocenters. The molecule has 3 atom stereocenters. The molecule has 1 aliphatic heterocycles. The number of hydrogen-bond acceptors (Lipinski definition) is 3. The van der Waals surface area contributed by atoms with Crippen LogP contribution < -0.4 is 5.32 Å². The number of carbonyl (C=O) groups excluding carboxylic acids is 1. The highest BCUT2D eigenvalue weighted by molar-refractivity contribution is 5.82. The van der Waals surface area contributed by atoms with Crippen molar-refractivity contribution in [2.45, 2.75) is 44.1 Å². The van der Waals surface area contributed by atoms with E-state index in [1.165, 1.54) is 12.0 Å². The summed E-state index contributed by atoms with van der Waals surface area (Å²) in [5, 5.41) is 12.4. The summed E-state index contributed by atoms with van der Waals surface area (Å²) in [6, 6.07) is 10.7. The van der Waals surface area contributed by atoms with Gasteiger partial charge in [-0.15, -0.1) is 0 Å². The van der Waals surface area contributed by atoms with Crippen LogP contribution in [-0.4, -0.2) is 48.2 Å². The summed E-state index contributed by atoms with van der Waals surface area (Å²) in [7, 11) is 0. The molecule has 2 N–H and O–H groups in total. The fourth-order valence-corrected chi connectivity index (χ4v) is 3.73. The smallest absolute Gasteiger partial charge is 0.223 e. The van der Waals surface area contributed by atoms with E-state index >= 15 is 0 Å². The predicted octanol–water partition coefficient (Wildman–Crippen LogP) is 2.14. The lowest BCUT2D eigenvalue weighted by Gasteiger charge is -2.22. The van der Waals surface area contributed by atoms with Crippen LogP contribution in [0.3, 0.4) is 0 Å². The van der Waals surface area contributed by atoms with Gasteiger partial charge in [-0.2, -0.15) is 0 Å². The molecule has 0 aromatic heterocycles. The van der Waals surface area contributed by atoms with Gasteiger partial charge in [-0.05, 0) is 56.7 Å². The summed E-state index contributed by atoms with van der Waals surface area (Å²) in [6.45, 7) is 3.20. The van der Waals surface area contributed by atoms with Crippen molar-refractivity contribution >= 4 is 5.91 Å². The first-order valence-corrected chi connectivity index (χ1v) is 8.97. The second kappa shape index (κ2) is 7.93. The molecule has 3 rings (SSSR count). The zero-order valence-corrected chi connectivity index (χ0v) is 13.8. The van der Waals surface area contributed by atoms with Crippen molar-refractivity contribution in [3.8, 4) is 0 Å². The molecule has 4 heteroatoms. The summed E-state index contributed by atoms with van der Waals surface area (Å²) >= 11 is 0. The molecule has 23 heavy (non-hydrogen) atoms. The minimum Gasteiger partial charge on any atom is -0.395 e. The molecule has 0 radical (unpaired) electrons. The highest BCUT2D eigenvalue weighted by Crippen LogP contribution is 2.47. The molecule has 0 spiro atoms. The number of aliphatic hydroxyl groups excluding tert-OH is 1. The van der Waals surface area contributed by atoms with Crippen molar-refractivity contribution < 1.29 is 9.90 Å². The fourth-order valence-electron chi connectivity index (χ4n) is 3.73. The number of hydrogen-bond donors (Lipinski definition) is 2. The first-order chi connectivity index (χ1) is 11.3. The van der Waals surface area contributed by atoms with E-state index in [1.807, 2.05) is 18.2 Å². The third-order valence-corrected chi connectivity index (χ3v) is 5.24. The lowest BCUT2D eigenvalue weighted by atomic mass is 10.1. The Kier molecular flexibility index (Phi) is 5.68. The summed E-state index contributed by atoms with van der Waals surface area (Å²) < 4.78 is 0. The topological polar surface area (TPSA) is 52.6 Å². The quantitative estimate of drug-likeness (QED) is 0.723. The molecule has 1 aliphatic carbocycles. The van der Waals surface area contributed by atoms with Crippen LogP contribution in [0.1, 0.15) is 43.6 Å². The van der Waals surface area contributed by atoms with E-state index in [4.69, 9.17) is 0 Å². The van der Waals surface area contributed by atoms with E-state index in [9.17, 15) is 9.90 Å². The van der Waals surface area contributed by atoms with Crippen LogP contribution in [0.5, 0.6) is 0 Å². The predicted molar refractivity (Wildman–Crippen MR) is 91.2 cm³/mol. The van der Waals surface area contributed by atoms with Crippen molar-refractivity contribution in [3.63, 3.8) is 0 Å². The van der Waals surface area contributed by atoms with Gasteiger partial charge in [0.15, 0.2) is 0 Å². The van der Waals surface area contributed by atoms with E-state index in [2.05, 4.69) is 22.3 Å². The van der Waals surface area contributed by atoms with Gasteiger partial charge < -0.3 is 10.4 Å². The normalized spacial score (nSPS) is 27.1. The van der Waals surface area contributed by atoms with Gasteiger partial charge in [-0.1, -0.05) is 30.3 Å². The summed E-state index contributed by atoms with van der Waals surface area (Å²) in [6.07, 6.45) is 5.41. The molecular formula is C19H28N2O2. The number of nitrogens with zero attached hydrogens (tertiary/aromatic N) is 1. The molecule has 4 nitrogen and oxygen atoms in total. The molecular weight excluding hydrogens is 288 g/mol. The van der Waals surface area contributed by atoms with Crippen LogP contribution in [0.15, 0.2) is 30.3 Å². The first kappa shape index (κ1) is 16.5. The Balaban J connectivity index is 1.29. The monoisotopic (exact) mass is 316 g/mol. The van der Waals surface area contributed by atoms with Gasteiger partial charge in [0.05, 0.1) is 6.61 Å². The number of amides is 1. The largest absolute Gasteiger partial charge is 0.395 e. The van der Waals surface area contributed by atoms with Crippen LogP contribution in [0.2, 0.25) is 0 Å². The zero-order valence-electron chi connectivity index (χ0n) is 13.8. The summed E-state index contributed by atoms with van der Waals surface area (Å²) in [5.41, 5.74) is 1.29. The van der Waals surface area contributed by atoms with Gasteiger partial charge in [0, 0.05) is 18.5 Å². The number of unbranched alkanes of at least 4 members (excludes halogenated alkanes) is 1. The van der Waals surface area contributed by atoms with Crippen molar-refractivity contribution in [3.05, 3.63) is 35.9 Å². The molecule has 1 saturated heterocycles. The van der Waals surface area contributed by atoms with Gasteiger partial charge in [0.1, 0.15) is 0 Å². The van der Waals surface area contributed by atoms with Crippen molar-refractivity contribution in [2.75, 3.05) is 26.2 Å². The number of likely N-dealkylation sites (tertiary alicyclic amines) is 1. The Bertz CT molecular complexity index is 505. The molecule has 1 saturated carbocycles. The van der Waals surface area contributed by atoms with Crippen LogP contribution >= 0.6 is 0 Å². The number of aliphatic hydroxyl groups is 1. The third kappa shape index (κ3) is 4.33. The lowest BCUT2D eigenvalue weighted by molar-refractivity contribution is -0.122. The Morgan fingerprint density at radius 2 is 2.09 bits per heavy atom. The second-order valence-electron chi connectivity index (χ2n) is 6.87. The van der Waals surface area contributed by atoms with Gasteiger partial charge in [0.2, 0.25) is 5.91 Å². The van der Waals surface area contributed by atoms with E-state index < -0.39 is 0 Å². The molecule has 1 amide bonds. The van der Waals surface area contributed by atoms with Gasteiger partial charge in [-0.25, -0.2) is 0 Å². The van der Waals surface area contributed by atoms with Crippen LogP contribution in [-0.2, 0) is 4.79 Å². The number of nitrogens with one attached hydrogen (secondary N) is 1. The number of carbonyl (C=O) groups is 1. The zero-order chi connectivity index (χ0) is 16.1.